The molecule has 0 aliphatic carbocycles. The Hall–Kier alpha value is -1.09. The summed E-state index contributed by atoms with van der Waals surface area (Å²) >= 11 is 0. The Morgan fingerprint density at radius 1 is 1.33 bits per heavy atom. The lowest BCUT2D eigenvalue weighted by Gasteiger charge is -2.24. The minimum Gasteiger partial charge on any atom is -0.382 e. The molecule has 0 radical (unpaired) electrons. The molecule has 0 aliphatic heterocycles. The lowest BCUT2D eigenvalue weighted by atomic mass is 9.89. The van der Waals surface area contributed by atoms with Crippen LogP contribution in [0.4, 0.5) is 10.1 Å². The van der Waals surface area contributed by atoms with Crippen LogP contribution in [-0.4, -0.2) is 13.1 Å². The summed E-state index contributed by atoms with van der Waals surface area (Å²) in [6.45, 7) is 5.62. The number of nitrogens with one attached hydrogen (secondary N) is 1. The highest BCUT2D eigenvalue weighted by Gasteiger charge is 2.16. The number of hydrogen-bond acceptors (Lipinski definition) is 2. The topological polar surface area (TPSA) is 38.0 Å². The highest BCUT2D eigenvalue weighted by Crippen LogP contribution is 2.21. The lowest BCUT2D eigenvalue weighted by Crippen LogP contribution is -2.26. The molecule has 1 aromatic rings. The molecule has 0 saturated carbocycles. The first-order valence-electron chi connectivity index (χ1n) is 5.24. The monoisotopic (exact) mass is 210 g/mol. The second-order valence-electron chi connectivity index (χ2n) is 4.54. The summed E-state index contributed by atoms with van der Waals surface area (Å²) in [4.78, 5) is 0. The fraction of sp³-hybridized carbons (Fsp3) is 0.500. The second kappa shape index (κ2) is 5.12. The molecule has 1 rings (SSSR count). The summed E-state index contributed by atoms with van der Waals surface area (Å²) in [5, 5.41) is 3.11. The average molecular weight is 210 g/mol. The molecule has 0 aromatic heterocycles. The van der Waals surface area contributed by atoms with Crippen LogP contribution in [0.3, 0.4) is 0 Å². The molecule has 0 unspecified atom stereocenters. The van der Waals surface area contributed by atoms with E-state index in [4.69, 9.17) is 5.73 Å². The first-order valence-corrected chi connectivity index (χ1v) is 5.24. The predicted molar refractivity (Wildman–Crippen MR) is 62.3 cm³/mol. The van der Waals surface area contributed by atoms with E-state index >= 15 is 0 Å². The van der Waals surface area contributed by atoms with E-state index in [9.17, 15) is 4.39 Å². The van der Waals surface area contributed by atoms with Gasteiger partial charge in [0.1, 0.15) is 5.82 Å². The van der Waals surface area contributed by atoms with E-state index in [0.29, 0.717) is 12.2 Å². The Balaban J connectivity index is 2.53. The third-order valence-corrected chi connectivity index (χ3v) is 2.45. The number of benzene rings is 1. The quantitative estimate of drug-likeness (QED) is 0.784. The minimum absolute atomic E-state index is 0.0943. The first kappa shape index (κ1) is 12.0. The Morgan fingerprint density at radius 2 is 2.00 bits per heavy atom. The van der Waals surface area contributed by atoms with Crippen LogP contribution in [0.2, 0.25) is 0 Å². The normalized spacial score (nSPS) is 11.5. The predicted octanol–water partition coefficient (Wildman–Crippen LogP) is 2.61. The summed E-state index contributed by atoms with van der Waals surface area (Å²) in [5.41, 5.74) is 6.16. The van der Waals surface area contributed by atoms with Gasteiger partial charge in [-0.15, -0.1) is 0 Å². The van der Waals surface area contributed by atoms with Gasteiger partial charge in [0.05, 0.1) is 5.69 Å². The van der Waals surface area contributed by atoms with Crippen LogP contribution in [0.1, 0.15) is 20.3 Å². The van der Waals surface area contributed by atoms with Crippen molar-refractivity contribution < 1.29 is 4.39 Å². The Bertz CT molecular complexity index is 310. The van der Waals surface area contributed by atoms with Gasteiger partial charge in [-0.2, -0.15) is 0 Å². The molecule has 84 valence electrons. The zero-order valence-electron chi connectivity index (χ0n) is 9.39. The number of hydrogen-bond donors (Lipinski definition) is 2. The molecule has 0 bridgehead atoms. The highest BCUT2D eigenvalue weighted by atomic mass is 19.1. The smallest absolute Gasteiger partial charge is 0.146 e. The number of anilines is 1. The van der Waals surface area contributed by atoms with Gasteiger partial charge < -0.3 is 11.1 Å². The van der Waals surface area contributed by atoms with Crippen molar-refractivity contribution in [3.8, 4) is 0 Å². The van der Waals surface area contributed by atoms with Crippen molar-refractivity contribution in [2.24, 2.45) is 11.1 Å². The van der Waals surface area contributed by atoms with E-state index in [1.807, 2.05) is 6.07 Å². The molecular weight excluding hydrogens is 191 g/mol. The van der Waals surface area contributed by atoms with Crippen molar-refractivity contribution in [1.82, 2.24) is 0 Å². The van der Waals surface area contributed by atoms with Crippen LogP contribution >= 0.6 is 0 Å². The molecule has 3 heteroatoms. The zero-order chi connectivity index (χ0) is 11.3. The van der Waals surface area contributed by atoms with E-state index in [-0.39, 0.29) is 11.2 Å². The molecule has 0 atom stereocenters. The van der Waals surface area contributed by atoms with Crippen LogP contribution in [0, 0.1) is 11.2 Å². The first-order chi connectivity index (χ1) is 7.05. The van der Waals surface area contributed by atoms with Gasteiger partial charge in [-0.25, -0.2) is 4.39 Å². The summed E-state index contributed by atoms with van der Waals surface area (Å²) in [5.74, 6) is -0.207. The van der Waals surface area contributed by atoms with Crippen LogP contribution in [0.15, 0.2) is 24.3 Å². The third-order valence-electron chi connectivity index (χ3n) is 2.45. The molecular formula is C12H19FN2. The highest BCUT2D eigenvalue weighted by molar-refractivity contribution is 5.44. The van der Waals surface area contributed by atoms with Crippen molar-refractivity contribution in [2.75, 3.05) is 18.4 Å². The molecule has 15 heavy (non-hydrogen) atoms. The van der Waals surface area contributed by atoms with E-state index in [1.54, 1.807) is 12.1 Å². The molecule has 0 amide bonds. The summed E-state index contributed by atoms with van der Waals surface area (Å²) in [6.07, 6.45) is 0.925. The number of rotatable bonds is 5. The summed E-state index contributed by atoms with van der Waals surface area (Å²) < 4.78 is 13.3. The SMILES string of the molecule is CC(C)(CCN)CNc1ccccc1F. The molecule has 0 aliphatic rings. The molecule has 0 heterocycles. The molecule has 2 nitrogen and oxygen atoms in total. The Kier molecular flexibility index (Phi) is 4.09. The van der Waals surface area contributed by atoms with Crippen molar-refractivity contribution in [3.63, 3.8) is 0 Å². The van der Waals surface area contributed by atoms with Gasteiger partial charge in [0.2, 0.25) is 0 Å². The molecule has 3 N–H and O–H groups in total. The van der Waals surface area contributed by atoms with Crippen molar-refractivity contribution in [3.05, 3.63) is 30.1 Å². The average Bonchev–Trinajstić information content (AvgIpc) is 2.16. The van der Waals surface area contributed by atoms with Crippen LogP contribution in [-0.2, 0) is 0 Å². The summed E-state index contributed by atoms with van der Waals surface area (Å²) in [6, 6.07) is 6.71. The van der Waals surface area contributed by atoms with Gasteiger partial charge in [-0.3, -0.25) is 0 Å². The van der Waals surface area contributed by atoms with E-state index < -0.39 is 0 Å². The number of halogens is 1. The maximum atomic E-state index is 13.3. The second-order valence-corrected chi connectivity index (χ2v) is 4.54. The number of para-hydroxylation sites is 1. The molecule has 1 aromatic carbocycles. The van der Waals surface area contributed by atoms with Crippen molar-refractivity contribution in [1.29, 1.82) is 0 Å². The van der Waals surface area contributed by atoms with Gasteiger partial charge in [-0.1, -0.05) is 26.0 Å². The standard InChI is InChI=1S/C12H19FN2/c1-12(2,7-8-14)9-15-11-6-4-3-5-10(11)13/h3-6,15H,7-9,14H2,1-2H3. The van der Waals surface area contributed by atoms with Gasteiger partial charge in [0.15, 0.2) is 0 Å². The fourth-order valence-corrected chi connectivity index (χ4v) is 1.42. The molecule has 0 spiro atoms. The van der Waals surface area contributed by atoms with Gasteiger partial charge in [0.25, 0.3) is 0 Å². The lowest BCUT2D eigenvalue weighted by molar-refractivity contribution is 0.364. The van der Waals surface area contributed by atoms with Crippen molar-refractivity contribution >= 4 is 5.69 Å². The maximum Gasteiger partial charge on any atom is 0.146 e. The minimum atomic E-state index is -0.207. The summed E-state index contributed by atoms with van der Waals surface area (Å²) in [7, 11) is 0. The van der Waals surface area contributed by atoms with E-state index in [0.717, 1.165) is 13.0 Å². The van der Waals surface area contributed by atoms with E-state index in [2.05, 4.69) is 19.2 Å². The Morgan fingerprint density at radius 3 is 2.60 bits per heavy atom. The molecule has 0 fully saturated rings. The Labute approximate surface area is 90.7 Å². The van der Waals surface area contributed by atoms with Gasteiger partial charge in [-0.05, 0) is 30.5 Å². The van der Waals surface area contributed by atoms with Crippen LogP contribution in [0.5, 0.6) is 0 Å². The van der Waals surface area contributed by atoms with Gasteiger partial charge in [0, 0.05) is 6.54 Å². The largest absolute Gasteiger partial charge is 0.382 e. The van der Waals surface area contributed by atoms with Gasteiger partial charge >= 0.3 is 0 Å². The van der Waals surface area contributed by atoms with Crippen LogP contribution < -0.4 is 11.1 Å². The van der Waals surface area contributed by atoms with Crippen LogP contribution in [0.25, 0.3) is 0 Å². The molecule has 0 saturated heterocycles. The third kappa shape index (κ3) is 3.88. The maximum absolute atomic E-state index is 13.3. The van der Waals surface area contributed by atoms with E-state index in [1.165, 1.54) is 6.07 Å². The number of nitrogens with two attached hydrogens (primary N) is 1. The fourth-order valence-electron chi connectivity index (χ4n) is 1.42. The van der Waals surface area contributed by atoms with Crippen molar-refractivity contribution in [2.45, 2.75) is 20.3 Å². The zero-order valence-corrected chi connectivity index (χ0v) is 9.39.